The fraction of sp³-hybridized carbons (Fsp3) is 0.263. The molecule has 0 spiro atoms. The van der Waals surface area contributed by atoms with Crippen molar-refractivity contribution in [1.29, 1.82) is 0 Å². The standard InChI is InChI=1S/C19H19N3OS/c1-21(19-20-15-9-3-5-11-17(15)24-19)13-18(23)22-12-6-8-14-7-2-4-10-16(14)22/h2-5,7,9-11H,6,8,12-13H2,1H3. The molecule has 0 saturated heterocycles. The summed E-state index contributed by atoms with van der Waals surface area (Å²) in [5, 5.41) is 0.884. The molecule has 0 unspecified atom stereocenters. The van der Waals surface area contributed by atoms with E-state index in [0.29, 0.717) is 6.54 Å². The van der Waals surface area contributed by atoms with Crippen molar-refractivity contribution in [2.24, 2.45) is 0 Å². The van der Waals surface area contributed by atoms with Crippen LogP contribution in [0, 0.1) is 0 Å². The Hall–Kier alpha value is -2.40. The zero-order chi connectivity index (χ0) is 16.5. The molecule has 1 aliphatic heterocycles. The molecule has 0 aliphatic carbocycles. The van der Waals surface area contributed by atoms with Gasteiger partial charge in [-0.1, -0.05) is 41.7 Å². The lowest BCUT2D eigenvalue weighted by molar-refractivity contribution is -0.117. The summed E-state index contributed by atoms with van der Waals surface area (Å²) in [7, 11) is 1.94. The van der Waals surface area contributed by atoms with E-state index in [-0.39, 0.29) is 5.91 Å². The van der Waals surface area contributed by atoms with Crippen LogP contribution in [-0.4, -0.2) is 31.0 Å². The second kappa shape index (κ2) is 6.24. The highest BCUT2D eigenvalue weighted by Crippen LogP contribution is 2.29. The van der Waals surface area contributed by atoms with Gasteiger partial charge in [0.05, 0.1) is 16.8 Å². The molecular formula is C19H19N3OS. The van der Waals surface area contributed by atoms with E-state index >= 15 is 0 Å². The lowest BCUT2D eigenvalue weighted by Gasteiger charge is -2.30. The number of fused-ring (bicyclic) bond motifs is 2. The number of amides is 1. The van der Waals surface area contributed by atoms with Gasteiger partial charge in [0.1, 0.15) is 0 Å². The van der Waals surface area contributed by atoms with Gasteiger partial charge in [-0.15, -0.1) is 0 Å². The first-order valence-electron chi connectivity index (χ1n) is 8.17. The van der Waals surface area contributed by atoms with Crippen molar-refractivity contribution < 1.29 is 4.79 Å². The van der Waals surface area contributed by atoms with Crippen LogP contribution in [0.1, 0.15) is 12.0 Å². The maximum atomic E-state index is 12.8. The smallest absolute Gasteiger partial charge is 0.246 e. The number of para-hydroxylation sites is 2. The Kier molecular flexibility index (Phi) is 3.94. The first-order chi connectivity index (χ1) is 11.7. The van der Waals surface area contributed by atoms with E-state index in [9.17, 15) is 4.79 Å². The summed E-state index contributed by atoms with van der Waals surface area (Å²) in [5.74, 6) is 0.129. The lowest BCUT2D eigenvalue weighted by Crippen LogP contribution is -2.41. The zero-order valence-corrected chi connectivity index (χ0v) is 14.4. The predicted molar refractivity (Wildman–Crippen MR) is 100 cm³/mol. The summed E-state index contributed by atoms with van der Waals surface area (Å²) < 4.78 is 1.15. The van der Waals surface area contributed by atoms with Crippen LogP contribution >= 0.6 is 11.3 Å². The number of thiazole rings is 1. The van der Waals surface area contributed by atoms with Crippen LogP contribution in [-0.2, 0) is 11.2 Å². The molecule has 2 aromatic carbocycles. The van der Waals surface area contributed by atoms with Crippen LogP contribution in [0.4, 0.5) is 10.8 Å². The molecule has 1 aliphatic rings. The van der Waals surface area contributed by atoms with Gasteiger partial charge in [0.2, 0.25) is 5.91 Å². The number of rotatable bonds is 3. The number of likely N-dealkylation sites (N-methyl/N-ethyl adjacent to an activating group) is 1. The average molecular weight is 337 g/mol. The number of nitrogens with zero attached hydrogens (tertiary/aromatic N) is 3. The van der Waals surface area contributed by atoms with E-state index in [1.54, 1.807) is 11.3 Å². The third-order valence-electron chi connectivity index (χ3n) is 4.39. The molecule has 24 heavy (non-hydrogen) atoms. The van der Waals surface area contributed by atoms with Crippen molar-refractivity contribution in [1.82, 2.24) is 4.98 Å². The van der Waals surface area contributed by atoms with Crippen molar-refractivity contribution in [2.75, 3.05) is 29.9 Å². The molecule has 4 nitrogen and oxygen atoms in total. The Morgan fingerprint density at radius 2 is 2.00 bits per heavy atom. The van der Waals surface area contributed by atoms with Gasteiger partial charge in [0.25, 0.3) is 0 Å². The van der Waals surface area contributed by atoms with Gasteiger partial charge >= 0.3 is 0 Å². The van der Waals surface area contributed by atoms with E-state index in [4.69, 9.17) is 0 Å². The van der Waals surface area contributed by atoms with E-state index in [1.807, 2.05) is 53.2 Å². The summed E-state index contributed by atoms with van der Waals surface area (Å²) in [6.07, 6.45) is 2.07. The number of carbonyl (C=O) groups excluding carboxylic acids is 1. The number of aryl methyl sites for hydroxylation is 1. The quantitative estimate of drug-likeness (QED) is 0.731. The number of hydrogen-bond donors (Lipinski definition) is 0. The zero-order valence-electron chi connectivity index (χ0n) is 13.6. The fourth-order valence-corrected chi connectivity index (χ4v) is 4.10. The number of hydrogen-bond acceptors (Lipinski definition) is 4. The summed E-state index contributed by atoms with van der Waals surface area (Å²) >= 11 is 1.62. The van der Waals surface area contributed by atoms with Crippen LogP contribution in [0.2, 0.25) is 0 Å². The van der Waals surface area contributed by atoms with Gasteiger partial charge in [-0.25, -0.2) is 4.98 Å². The minimum Gasteiger partial charge on any atom is -0.342 e. The molecule has 0 fully saturated rings. The molecule has 0 bridgehead atoms. The SMILES string of the molecule is CN(CC(=O)N1CCCc2ccccc21)c1nc2ccccc2s1. The number of carbonyl (C=O) groups is 1. The van der Waals surface area contributed by atoms with Gasteiger partial charge in [0, 0.05) is 19.3 Å². The Bertz CT molecular complexity index is 856. The van der Waals surface area contributed by atoms with Crippen molar-refractivity contribution in [3.8, 4) is 0 Å². The Morgan fingerprint density at radius 3 is 2.88 bits per heavy atom. The topological polar surface area (TPSA) is 36.4 Å². The van der Waals surface area contributed by atoms with E-state index in [2.05, 4.69) is 17.1 Å². The summed E-state index contributed by atoms with van der Waals surface area (Å²) in [6.45, 7) is 1.14. The molecule has 1 aromatic heterocycles. The maximum Gasteiger partial charge on any atom is 0.246 e. The van der Waals surface area contributed by atoms with E-state index < -0.39 is 0 Å². The average Bonchev–Trinajstić information content (AvgIpc) is 3.05. The maximum absolute atomic E-state index is 12.8. The van der Waals surface area contributed by atoms with Crippen LogP contribution in [0.25, 0.3) is 10.2 Å². The van der Waals surface area contributed by atoms with Crippen molar-refractivity contribution in [2.45, 2.75) is 12.8 Å². The Labute approximate surface area is 145 Å². The molecule has 0 atom stereocenters. The van der Waals surface area contributed by atoms with Gasteiger partial charge in [-0.05, 0) is 36.6 Å². The second-order valence-electron chi connectivity index (χ2n) is 6.10. The van der Waals surface area contributed by atoms with Gasteiger partial charge in [0.15, 0.2) is 5.13 Å². The highest BCUT2D eigenvalue weighted by molar-refractivity contribution is 7.22. The minimum absolute atomic E-state index is 0.129. The third kappa shape index (κ3) is 2.76. The second-order valence-corrected chi connectivity index (χ2v) is 7.11. The number of aromatic nitrogens is 1. The molecule has 2 heterocycles. The third-order valence-corrected chi connectivity index (χ3v) is 5.54. The monoisotopic (exact) mass is 337 g/mol. The Balaban J connectivity index is 1.54. The van der Waals surface area contributed by atoms with E-state index in [1.165, 1.54) is 5.56 Å². The molecule has 1 amide bonds. The van der Waals surface area contributed by atoms with E-state index in [0.717, 1.165) is 40.4 Å². The number of anilines is 2. The summed E-state index contributed by atoms with van der Waals surface area (Å²) in [4.78, 5) is 21.3. The lowest BCUT2D eigenvalue weighted by atomic mass is 10.0. The molecule has 0 radical (unpaired) electrons. The molecule has 0 saturated carbocycles. The van der Waals surface area contributed by atoms with Crippen molar-refractivity contribution in [3.63, 3.8) is 0 Å². The fourth-order valence-electron chi connectivity index (χ4n) is 3.17. The minimum atomic E-state index is 0.129. The van der Waals surface area contributed by atoms with Crippen LogP contribution in [0.15, 0.2) is 48.5 Å². The molecule has 4 rings (SSSR count). The van der Waals surface area contributed by atoms with Gasteiger partial charge in [-0.3, -0.25) is 4.79 Å². The van der Waals surface area contributed by atoms with Gasteiger partial charge in [-0.2, -0.15) is 0 Å². The molecule has 5 heteroatoms. The molecule has 3 aromatic rings. The molecule has 0 N–H and O–H groups in total. The van der Waals surface area contributed by atoms with Crippen LogP contribution in [0.5, 0.6) is 0 Å². The van der Waals surface area contributed by atoms with Crippen LogP contribution < -0.4 is 9.80 Å². The van der Waals surface area contributed by atoms with Gasteiger partial charge < -0.3 is 9.80 Å². The summed E-state index contributed by atoms with van der Waals surface area (Å²) in [5.41, 5.74) is 3.31. The normalized spacial score (nSPS) is 13.8. The number of benzene rings is 2. The highest BCUT2D eigenvalue weighted by Gasteiger charge is 2.23. The largest absolute Gasteiger partial charge is 0.342 e. The van der Waals surface area contributed by atoms with Crippen LogP contribution in [0.3, 0.4) is 0 Å². The highest BCUT2D eigenvalue weighted by atomic mass is 32.1. The summed E-state index contributed by atoms with van der Waals surface area (Å²) in [6, 6.07) is 16.3. The first-order valence-corrected chi connectivity index (χ1v) is 8.99. The first kappa shape index (κ1) is 15.1. The predicted octanol–water partition coefficient (Wildman–Crippen LogP) is 3.71. The Morgan fingerprint density at radius 1 is 1.21 bits per heavy atom. The molecule has 122 valence electrons. The molecular weight excluding hydrogens is 318 g/mol. The van der Waals surface area contributed by atoms with Crippen molar-refractivity contribution >= 4 is 38.3 Å². The van der Waals surface area contributed by atoms with Crippen molar-refractivity contribution in [3.05, 3.63) is 54.1 Å².